The fraction of sp³-hybridized carbons (Fsp3) is 0.294. The number of rotatable bonds is 3. The van der Waals surface area contributed by atoms with Crippen LogP contribution in [0.15, 0.2) is 47.4 Å². The van der Waals surface area contributed by atoms with Gasteiger partial charge in [-0.25, -0.2) is 8.42 Å². The highest BCUT2D eigenvalue weighted by Gasteiger charge is 2.31. The molecule has 0 aliphatic rings. The van der Waals surface area contributed by atoms with Crippen LogP contribution in [0.25, 0.3) is 0 Å². The van der Waals surface area contributed by atoms with Gasteiger partial charge in [0, 0.05) is 0 Å². The van der Waals surface area contributed by atoms with Crippen LogP contribution < -0.4 is 4.72 Å². The van der Waals surface area contributed by atoms with Gasteiger partial charge in [0.1, 0.15) is 0 Å². The van der Waals surface area contributed by atoms with Gasteiger partial charge < -0.3 is 0 Å². The summed E-state index contributed by atoms with van der Waals surface area (Å²) in [7, 11) is -4.06. The van der Waals surface area contributed by atoms with Crippen molar-refractivity contribution in [3.63, 3.8) is 0 Å². The second-order valence-corrected chi connectivity index (χ2v) is 8.66. The van der Waals surface area contributed by atoms with Gasteiger partial charge in [-0.2, -0.15) is 13.2 Å². The lowest BCUT2D eigenvalue weighted by Gasteiger charge is -2.19. The van der Waals surface area contributed by atoms with E-state index in [1.165, 1.54) is 12.1 Å². The van der Waals surface area contributed by atoms with E-state index < -0.39 is 21.8 Å². The molecule has 2 rings (SSSR count). The van der Waals surface area contributed by atoms with Gasteiger partial charge in [0.2, 0.25) is 0 Å². The van der Waals surface area contributed by atoms with Crippen molar-refractivity contribution < 1.29 is 21.6 Å². The summed E-state index contributed by atoms with van der Waals surface area (Å²) in [4.78, 5) is -0.0611. The molecule has 0 radical (unpaired) electrons. The Bertz CT molecular complexity index is 870. The maximum atomic E-state index is 12.8. The summed E-state index contributed by atoms with van der Waals surface area (Å²) >= 11 is 5.83. The Hall–Kier alpha value is -1.73. The number of alkyl halides is 3. The van der Waals surface area contributed by atoms with E-state index in [1.807, 2.05) is 20.8 Å². The average Bonchev–Trinajstić information content (AvgIpc) is 2.47. The maximum Gasteiger partial charge on any atom is 0.416 e. The number of sulfonamides is 1. The number of hydrogen-bond donors (Lipinski definition) is 1. The van der Waals surface area contributed by atoms with E-state index in [4.69, 9.17) is 11.6 Å². The van der Waals surface area contributed by atoms with Gasteiger partial charge >= 0.3 is 6.18 Å². The van der Waals surface area contributed by atoms with Crippen molar-refractivity contribution in [2.24, 2.45) is 0 Å². The van der Waals surface area contributed by atoms with Crippen LogP contribution in [0.2, 0.25) is 5.02 Å². The Kier molecular flexibility index (Phi) is 5.12. The third-order valence-electron chi connectivity index (χ3n) is 3.57. The Morgan fingerprint density at radius 2 is 1.44 bits per heavy atom. The zero-order valence-electron chi connectivity index (χ0n) is 13.8. The summed E-state index contributed by atoms with van der Waals surface area (Å²) in [6.07, 6.45) is -4.60. The Labute approximate surface area is 149 Å². The van der Waals surface area contributed by atoms with Gasteiger partial charge in [-0.1, -0.05) is 44.5 Å². The normalized spacial score (nSPS) is 12.9. The molecule has 0 atom stereocenters. The minimum Gasteiger partial charge on any atom is -0.278 e. The maximum absolute atomic E-state index is 12.8. The van der Waals surface area contributed by atoms with E-state index in [0.29, 0.717) is 6.07 Å². The molecule has 0 heterocycles. The molecule has 0 bridgehead atoms. The van der Waals surface area contributed by atoms with Crippen LogP contribution >= 0.6 is 11.6 Å². The molecule has 0 unspecified atom stereocenters. The van der Waals surface area contributed by atoms with Crippen molar-refractivity contribution in [2.75, 3.05) is 4.72 Å². The van der Waals surface area contributed by atoms with Crippen molar-refractivity contribution in [2.45, 2.75) is 37.3 Å². The van der Waals surface area contributed by atoms with E-state index in [9.17, 15) is 21.6 Å². The molecule has 136 valence electrons. The van der Waals surface area contributed by atoms with E-state index in [1.54, 1.807) is 12.1 Å². The van der Waals surface area contributed by atoms with Crippen molar-refractivity contribution in [3.05, 3.63) is 58.6 Å². The standard InChI is InChI=1S/C17H17ClF3NO2S/c1-16(2,3)11-4-7-13(8-5-11)25(23,24)22-15-10-12(17(19,20)21)6-9-14(15)18/h4-10,22H,1-3H3. The number of anilines is 1. The number of benzene rings is 2. The molecule has 2 aromatic carbocycles. The first-order valence-corrected chi connectivity index (χ1v) is 9.17. The molecule has 0 aliphatic heterocycles. The fourth-order valence-electron chi connectivity index (χ4n) is 2.12. The predicted molar refractivity (Wildman–Crippen MR) is 92.4 cm³/mol. The van der Waals surface area contributed by atoms with Crippen LogP contribution in [0.1, 0.15) is 31.9 Å². The second kappa shape index (κ2) is 6.53. The molecule has 3 nitrogen and oxygen atoms in total. The average molecular weight is 392 g/mol. The molecule has 0 saturated heterocycles. The molecule has 0 spiro atoms. The predicted octanol–water partition coefficient (Wildman–Crippen LogP) is 5.46. The molecule has 0 fully saturated rings. The Morgan fingerprint density at radius 3 is 1.92 bits per heavy atom. The summed E-state index contributed by atoms with van der Waals surface area (Å²) in [6.45, 7) is 5.95. The largest absolute Gasteiger partial charge is 0.416 e. The first kappa shape index (κ1) is 19.6. The molecular weight excluding hydrogens is 375 g/mol. The molecule has 0 saturated carbocycles. The molecule has 0 amide bonds. The highest BCUT2D eigenvalue weighted by Crippen LogP contribution is 2.34. The monoisotopic (exact) mass is 391 g/mol. The minimum atomic E-state index is -4.60. The van der Waals surface area contributed by atoms with Crippen molar-refractivity contribution in [3.8, 4) is 0 Å². The van der Waals surface area contributed by atoms with Crippen LogP contribution in [0.5, 0.6) is 0 Å². The molecular formula is C17H17ClF3NO2S. The lowest BCUT2D eigenvalue weighted by Crippen LogP contribution is -2.15. The third kappa shape index (κ3) is 4.67. The minimum absolute atomic E-state index is 0.0611. The summed E-state index contributed by atoms with van der Waals surface area (Å²) < 4.78 is 65.3. The highest BCUT2D eigenvalue weighted by molar-refractivity contribution is 7.92. The fourth-order valence-corrected chi connectivity index (χ4v) is 3.41. The van der Waals surface area contributed by atoms with E-state index in [0.717, 1.165) is 17.7 Å². The van der Waals surface area contributed by atoms with E-state index in [-0.39, 0.29) is 21.0 Å². The molecule has 1 N–H and O–H groups in total. The Morgan fingerprint density at radius 1 is 0.920 bits per heavy atom. The molecule has 0 aliphatic carbocycles. The first-order valence-electron chi connectivity index (χ1n) is 7.31. The zero-order valence-corrected chi connectivity index (χ0v) is 15.4. The summed E-state index contributed by atoms with van der Waals surface area (Å²) in [5.41, 5.74) is -0.530. The van der Waals surface area contributed by atoms with Crippen molar-refractivity contribution >= 4 is 27.3 Å². The molecule has 25 heavy (non-hydrogen) atoms. The topological polar surface area (TPSA) is 46.2 Å². The first-order chi connectivity index (χ1) is 11.3. The van der Waals surface area contributed by atoms with E-state index in [2.05, 4.69) is 4.72 Å². The smallest absolute Gasteiger partial charge is 0.278 e. The number of halogens is 4. The van der Waals surface area contributed by atoms with Gasteiger partial charge in [-0.3, -0.25) is 4.72 Å². The zero-order chi connectivity index (χ0) is 19.0. The van der Waals surface area contributed by atoms with Crippen LogP contribution in [0.3, 0.4) is 0 Å². The number of hydrogen-bond acceptors (Lipinski definition) is 2. The number of nitrogens with one attached hydrogen (secondary N) is 1. The third-order valence-corrected chi connectivity index (χ3v) is 5.28. The van der Waals surface area contributed by atoms with Crippen LogP contribution in [-0.2, 0) is 21.6 Å². The Balaban J connectivity index is 2.36. The summed E-state index contributed by atoms with van der Waals surface area (Å²) in [5.74, 6) is 0. The van der Waals surface area contributed by atoms with Gasteiger partial charge in [0.15, 0.2) is 0 Å². The van der Waals surface area contributed by atoms with E-state index >= 15 is 0 Å². The van der Waals surface area contributed by atoms with Gasteiger partial charge in [-0.05, 0) is 41.3 Å². The quantitative estimate of drug-likeness (QED) is 0.755. The molecule has 2 aromatic rings. The highest BCUT2D eigenvalue weighted by atomic mass is 35.5. The van der Waals surface area contributed by atoms with Crippen LogP contribution in [0.4, 0.5) is 18.9 Å². The van der Waals surface area contributed by atoms with Crippen molar-refractivity contribution in [1.82, 2.24) is 0 Å². The lowest BCUT2D eigenvalue weighted by molar-refractivity contribution is -0.137. The van der Waals surface area contributed by atoms with Gasteiger partial charge in [0.25, 0.3) is 10.0 Å². The van der Waals surface area contributed by atoms with Crippen LogP contribution in [0, 0.1) is 0 Å². The molecule has 0 aromatic heterocycles. The van der Waals surface area contributed by atoms with Crippen molar-refractivity contribution in [1.29, 1.82) is 0 Å². The summed E-state index contributed by atoms with van der Waals surface area (Å²) in [5, 5.41) is -0.122. The van der Waals surface area contributed by atoms with Crippen LogP contribution in [-0.4, -0.2) is 8.42 Å². The van der Waals surface area contributed by atoms with Gasteiger partial charge in [-0.15, -0.1) is 0 Å². The lowest BCUT2D eigenvalue weighted by atomic mass is 9.87. The SMILES string of the molecule is CC(C)(C)c1ccc(S(=O)(=O)Nc2cc(C(F)(F)F)ccc2Cl)cc1. The molecule has 8 heteroatoms. The summed E-state index contributed by atoms with van der Waals surface area (Å²) in [6, 6.07) is 8.62. The second-order valence-electron chi connectivity index (χ2n) is 6.57. The van der Waals surface area contributed by atoms with Gasteiger partial charge in [0.05, 0.1) is 21.2 Å².